The number of carbonyl (C=O) groups excluding carboxylic acids is 1. The molecule has 1 amide bonds. The smallest absolute Gasteiger partial charge is 0.297 e. The van der Waals surface area contributed by atoms with Crippen LogP contribution >= 0.6 is 11.3 Å². The van der Waals surface area contributed by atoms with Gasteiger partial charge in [0.2, 0.25) is 0 Å². The summed E-state index contributed by atoms with van der Waals surface area (Å²) in [6, 6.07) is 6.07. The Hall–Kier alpha value is -2.21. The molecule has 0 bridgehead atoms. The van der Waals surface area contributed by atoms with Gasteiger partial charge in [-0.2, -0.15) is 10.1 Å². The van der Waals surface area contributed by atoms with Crippen LogP contribution in [-0.4, -0.2) is 20.3 Å². The molecule has 0 aliphatic rings. The Morgan fingerprint density at radius 2 is 2.00 bits per heavy atom. The lowest BCUT2D eigenvalue weighted by Gasteiger charge is -2.02. The zero-order valence-corrected chi connectivity index (χ0v) is 14.9. The second-order valence-electron chi connectivity index (χ2n) is 5.78. The van der Waals surface area contributed by atoms with Crippen molar-refractivity contribution in [1.82, 2.24) is 14.3 Å². The monoisotopic (exact) mass is 328 g/mol. The Morgan fingerprint density at radius 1 is 1.26 bits per heavy atom. The predicted octanol–water partition coefficient (Wildman–Crippen LogP) is 3.12. The number of nitrogens with zero attached hydrogens (tertiary/aromatic N) is 4. The first kappa shape index (κ1) is 15.7. The highest BCUT2D eigenvalue weighted by molar-refractivity contribution is 7.16. The molecule has 120 valence electrons. The third-order valence-corrected chi connectivity index (χ3v) is 4.93. The number of aromatic nitrogens is 3. The van der Waals surface area contributed by atoms with Gasteiger partial charge >= 0.3 is 0 Å². The van der Waals surface area contributed by atoms with Crippen LogP contribution < -0.4 is 4.80 Å². The van der Waals surface area contributed by atoms with Crippen LogP contribution in [0, 0.1) is 20.8 Å². The third-order valence-electron chi connectivity index (χ3n) is 3.85. The molecule has 2 aromatic heterocycles. The van der Waals surface area contributed by atoms with Gasteiger partial charge in [0.05, 0.1) is 15.9 Å². The number of hydrogen-bond acceptors (Lipinski definition) is 3. The summed E-state index contributed by atoms with van der Waals surface area (Å²) in [6.07, 6.45) is 0. The lowest BCUT2D eigenvalue weighted by atomic mass is 10.1. The fourth-order valence-corrected chi connectivity index (χ4v) is 4.08. The van der Waals surface area contributed by atoms with Crippen LogP contribution in [0.1, 0.15) is 34.2 Å². The summed E-state index contributed by atoms with van der Waals surface area (Å²) in [6.45, 7) is 8.67. The maximum Gasteiger partial charge on any atom is 0.297 e. The van der Waals surface area contributed by atoms with Crippen LogP contribution in [0.5, 0.6) is 0 Å². The van der Waals surface area contributed by atoms with Gasteiger partial charge in [0.15, 0.2) is 4.80 Å². The quantitative estimate of drug-likeness (QED) is 0.726. The summed E-state index contributed by atoms with van der Waals surface area (Å²) in [7, 11) is 1.95. The molecule has 6 heteroatoms. The number of rotatable bonds is 2. The van der Waals surface area contributed by atoms with Gasteiger partial charge in [-0.05, 0) is 51.0 Å². The van der Waals surface area contributed by atoms with Crippen LogP contribution in [0.3, 0.4) is 0 Å². The van der Waals surface area contributed by atoms with E-state index in [9.17, 15) is 4.79 Å². The standard InChI is InChI=1S/C17H20N4OS/c1-6-21-13(9-12(4)19-21)16(22)18-17-20(5)15-11(3)7-10(2)8-14(15)23-17/h7-9H,6H2,1-5H3. The van der Waals surface area contributed by atoms with E-state index in [4.69, 9.17) is 0 Å². The normalized spacial score (nSPS) is 12.3. The first-order chi connectivity index (χ1) is 10.9. The van der Waals surface area contributed by atoms with Gasteiger partial charge in [0, 0.05) is 13.6 Å². The zero-order chi connectivity index (χ0) is 16.7. The fraction of sp³-hybridized carbons (Fsp3) is 0.353. The van der Waals surface area contributed by atoms with E-state index >= 15 is 0 Å². The van der Waals surface area contributed by atoms with Crippen molar-refractivity contribution in [2.45, 2.75) is 34.2 Å². The van der Waals surface area contributed by atoms with Crippen LogP contribution in [0.15, 0.2) is 23.2 Å². The number of thiazole rings is 1. The van der Waals surface area contributed by atoms with Crippen LogP contribution in [0.25, 0.3) is 10.2 Å². The largest absolute Gasteiger partial charge is 0.319 e. The molecule has 0 saturated carbocycles. The molecule has 0 aliphatic carbocycles. The van der Waals surface area contributed by atoms with Crippen molar-refractivity contribution in [3.63, 3.8) is 0 Å². The molecule has 0 spiro atoms. The zero-order valence-electron chi connectivity index (χ0n) is 14.0. The molecule has 3 rings (SSSR count). The molecule has 0 aliphatic heterocycles. The molecule has 5 nitrogen and oxygen atoms in total. The molecule has 0 radical (unpaired) electrons. The first-order valence-corrected chi connectivity index (χ1v) is 8.42. The van der Waals surface area contributed by atoms with E-state index in [1.807, 2.05) is 25.5 Å². The predicted molar refractivity (Wildman–Crippen MR) is 92.8 cm³/mol. The lowest BCUT2D eigenvalue weighted by molar-refractivity contribution is 0.0988. The third kappa shape index (κ3) is 2.74. The average Bonchev–Trinajstić information content (AvgIpc) is 3.00. The highest BCUT2D eigenvalue weighted by Crippen LogP contribution is 2.22. The van der Waals surface area contributed by atoms with Crippen LogP contribution in [0.2, 0.25) is 0 Å². The van der Waals surface area contributed by atoms with E-state index in [0.717, 1.165) is 15.9 Å². The van der Waals surface area contributed by atoms with Gasteiger partial charge in [-0.15, -0.1) is 0 Å². The Morgan fingerprint density at radius 3 is 2.70 bits per heavy atom. The number of fused-ring (bicyclic) bond motifs is 1. The summed E-state index contributed by atoms with van der Waals surface area (Å²) in [4.78, 5) is 17.6. The fourth-order valence-electron chi connectivity index (χ4n) is 2.89. The Kier molecular flexibility index (Phi) is 3.93. The molecule has 1 aromatic carbocycles. The molecular formula is C17H20N4OS. The van der Waals surface area contributed by atoms with Crippen molar-refractivity contribution in [3.8, 4) is 0 Å². The molecule has 0 fully saturated rings. The van der Waals surface area contributed by atoms with Gasteiger partial charge in [-0.25, -0.2) is 0 Å². The van der Waals surface area contributed by atoms with Gasteiger partial charge in [-0.3, -0.25) is 9.48 Å². The summed E-state index contributed by atoms with van der Waals surface area (Å²) in [5.41, 5.74) is 4.91. The minimum Gasteiger partial charge on any atom is -0.319 e. The first-order valence-electron chi connectivity index (χ1n) is 7.61. The molecule has 23 heavy (non-hydrogen) atoms. The number of benzene rings is 1. The maximum atomic E-state index is 12.6. The molecule has 2 heterocycles. The van der Waals surface area contributed by atoms with Crippen molar-refractivity contribution < 1.29 is 4.79 Å². The second kappa shape index (κ2) is 5.77. The van der Waals surface area contributed by atoms with E-state index in [-0.39, 0.29) is 5.91 Å². The molecule has 0 unspecified atom stereocenters. The van der Waals surface area contributed by atoms with E-state index in [2.05, 4.69) is 36.1 Å². The second-order valence-corrected chi connectivity index (χ2v) is 6.78. The number of amides is 1. The average molecular weight is 328 g/mol. The van der Waals surface area contributed by atoms with Gasteiger partial charge in [0.1, 0.15) is 5.69 Å². The Labute approximate surface area is 138 Å². The van der Waals surface area contributed by atoms with Crippen LogP contribution in [0.4, 0.5) is 0 Å². The summed E-state index contributed by atoms with van der Waals surface area (Å²) >= 11 is 1.54. The number of carbonyl (C=O) groups is 1. The van der Waals surface area contributed by atoms with Gasteiger partial charge in [0.25, 0.3) is 5.91 Å². The summed E-state index contributed by atoms with van der Waals surface area (Å²) in [5.74, 6) is -0.246. The Bertz CT molecular complexity index is 975. The summed E-state index contributed by atoms with van der Waals surface area (Å²) in [5, 5.41) is 4.32. The molecule has 0 atom stereocenters. The maximum absolute atomic E-state index is 12.6. The van der Waals surface area contributed by atoms with Crippen LogP contribution in [-0.2, 0) is 13.6 Å². The number of aryl methyl sites for hydroxylation is 5. The van der Waals surface area contributed by atoms with Crippen molar-refractivity contribution in [2.24, 2.45) is 12.0 Å². The minimum absolute atomic E-state index is 0.246. The van der Waals surface area contributed by atoms with Crippen molar-refractivity contribution >= 4 is 27.5 Å². The molecular weight excluding hydrogens is 308 g/mol. The van der Waals surface area contributed by atoms with E-state index in [0.29, 0.717) is 17.0 Å². The molecule has 3 aromatic rings. The number of hydrogen-bond donors (Lipinski definition) is 0. The topological polar surface area (TPSA) is 52.2 Å². The summed E-state index contributed by atoms with van der Waals surface area (Å²) < 4.78 is 4.84. The van der Waals surface area contributed by atoms with Crippen molar-refractivity contribution in [1.29, 1.82) is 0 Å². The molecule has 0 saturated heterocycles. The SMILES string of the molecule is CCn1nc(C)cc1C(=O)N=c1sc2cc(C)cc(C)c2n1C. The lowest BCUT2D eigenvalue weighted by Crippen LogP contribution is -2.15. The Balaban J connectivity index is 2.16. The van der Waals surface area contributed by atoms with Gasteiger partial charge in [-0.1, -0.05) is 17.4 Å². The van der Waals surface area contributed by atoms with Crippen molar-refractivity contribution in [3.05, 3.63) is 45.5 Å². The van der Waals surface area contributed by atoms with Crippen molar-refractivity contribution in [2.75, 3.05) is 0 Å². The highest BCUT2D eigenvalue weighted by atomic mass is 32.1. The van der Waals surface area contributed by atoms with E-state index < -0.39 is 0 Å². The van der Waals surface area contributed by atoms with E-state index in [1.54, 1.807) is 22.1 Å². The van der Waals surface area contributed by atoms with E-state index in [1.165, 1.54) is 11.1 Å². The molecule has 0 N–H and O–H groups in total. The minimum atomic E-state index is -0.246. The highest BCUT2D eigenvalue weighted by Gasteiger charge is 2.14. The van der Waals surface area contributed by atoms with Gasteiger partial charge < -0.3 is 4.57 Å².